The van der Waals surface area contributed by atoms with E-state index in [0.717, 1.165) is 9.87 Å². The lowest BCUT2D eigenvalue weighted by atomic mass is 10.0. The van der Waals surface area contributed by atoms with Gasteiger partial charge in [-0.2, -0.15) is 0 Å². The topological polar surface area (TPSA) is 115 Å². The van der Waals surface area contributed by atoms with E-state index < -0.39 is 34.5 Å². The van der Waals surface area contributed by atoms with E-state index >= 15 is 0 Å². The number of carboxylic acid groups (broad SMARTS) is 2. The van der Waals surface area contributed by atoms with Crippen molar-refractivity contribution in [1.29, 1.82) is 0 Å². The first-order chi connectivity index (χ1) is 17.0. The number of aliphatic carboxylic acids is 2. The zero-order chi connectivity index (χ0) is 26.6. The van der Waals surface area contributed by atoms with Gasteiger partial charge in [0, 0.05) is 22.5 Å². The molecular formula is C27H28N2O6S. The summed E-state index contributed by atoms with van der Waals surface area (Å²) in [6, 6.07) is 14.6. The Balaban J connectivity index is 2.25. The molecule has 0 aromatic heterocycles. The molecule has 3 aromatic carbocycles. The molecule has 0 fully saturated rings. The molecule has 0 amide bonds. The Hall–Kier alpha value is -4.03. The number of sulfonamides is 1. The van der Waals surface area contributed by atoms with Crippen LogP contribution in [0.3, 0.4) is 0 Å². The van der Waals surface area contributed by atoms with E-state index in [0.29, 0.717) is 22.0 Å². The largest absolute Gasteiger partial charge is 0.481 e. The van der Waals surface area contributed by atoms with Gasteiger partial charge in [-0.15, -0.1) is 6.42 Å². The fourth-order valence-electron chi connectivity index (χ4n) is 4.30. The smallest absolute Gasteiger partial charge is 0.324 e. The number of rotatable bonds is 10. The summed E-state index contributed by atoms with van der Waals surface area (Å²) in [5, 5.41) is 20.0. The molecule has 0 saturated carbocycles. The average Bonchev–Trinajstić information content (AvgIpc) is 2.79. The maximum Gasteiger partial charge on any atom is 0.324 e. The first-order valence-electron chi connectivity index (χ1n) is 11.2. The van der Waals surface area contributed by atoms with Gasteiger partial charge in [-0.3, -0.25) is 13.9 Å². The van der Waals surface area contributed by atoms with Crippen molar-refractivity contribution in [2.45, 2.75) is 38.1 Å². The number of hydrogen-bond donors (Lipinski definition) is 2. The minimum absolute atomic E-state index is 0.0200. The molecule has 0 heterocycles. The second kappa shape index (κ2) is 10.7. The Morgan fingerprint density at radius 2 is 1.58 bits per heavy atom. The first kappa shape index (κ1) is 26.6. The molecule has 0 spiro atoms. The molecule has 0 aliphatic carbocycles. The molecule has 3 rings (SSSR count). The molecule has 0 aliphatic rings. The highest BCUT2D eigenvalue weighted by Gasteiger charge is 2.30. The lowest BCUT2D eigenvalue weighted by Crippen LogP contribution is -2.37. The fourth-order valence-corrected chi connectivity index (χ4v) is 5.95. The van der Waals surface area contributed by atoms with Crippen LogP contribution in [-0.2, 0) is 19.6 Å². The van der Waals surface area contributed by atoms with Crippen molar-refractivity contribution in [1.82, 2.24) is 0 Å². The van der Waals surface area contributed by atoms with Gasteiger partial charge in [0.15, 0.2) is 0 Å². The number of carboxylic acids is 2. The summed E-state index contributed by atoms with van der Waals surface area (Å²) in [4.78, 5) is 24.9. The third kappa shape index (κ3) is 5.44. The van der Waals surface area contributed by atoms with E-state index in [-0.39, 0.29) is 23.5 Å². The number of fused-ring (bicyclic) bond motifs is 1. The van der Waals surface area contributed by atoms with Gasteiger partial charge in [-0.05, 0) is 44.5 Å². The van der Waals surface area contributed by atoms with Gasteiger partial charge in [0.1, 0.15) is 6.54 Å². The van der Waals surface area contributed by atoms with Gasteiger partial charge < -0.3 is 15.1 Å². The predicted molar refractivity (Wildman–Crippen MR) is 140 cm³/mol. The van der Waals surface area contributed by atoms with E-state index in [1.165, 1.54) is 6.07 Å². The van der Waals surface area contributed by atoms with Crippen LogP contribution in [0, 0.1) is 26.2 Å². The normalized spacial score (nSPS) is 12.1. The molecule has 0 aliphatic heterocycles. The van der Waals surface area contributed by atoms with Gasteiger partial charge in [-0.1, -0.05) is 47.9 Å². The fraction of sp³-hybridized carbons (Fsp3) is 0.259. The van der Waals surface area contributed by atoms with E-state index in [1.54, 1.807) is 67.3 Å². The highest BCUT2D eigenvalue weighted by molar-refractivity contribution is 7.93. The van der Waals surface area contributed by atoms with Crippen molar-refractivity contribution in [3.63, 3.8) is 0 Å². The molecule has 188 valence electrons. The SMILES string of the molecule is C#CCN(c1ccc(N(CC(=O)O)S(=O)(=O)c2ccc(C)cc2C)c2ccccc12)[C@@H](C)CC(=O)O. The maximum absolute atomic E-state index is 13.8. The number of carbonyl (C=O) groups is 2. The number of nitrogens with zero attached hydrogens (tertiary/aromatic N) is 2. The number of anilines is 2. The molecule has 0 bridgehead atoms. The molecule has 3 aromatic rings. The molecule has 0 unspecified atom stereocenters. The Labute approximate surface area is 210 Å². The van der Waals surface area contributed by atoms with Gasteiger partial charge in [-0.25, -0.2) is 8.42 Å². The maximum atomic E-state index is 13.8. The third-order valence-corrected chi connectivity index (χ3v) is 7.82. The summed E-state index contributed by atoms with van der Waals surface area (Å²) in [6.45, 7) is 4.62. The van der Waals surface area contributed by atoms with E-state index in [9.17, 15) is 28.2 Å². The summed E-state index contributed by atoms with van der Waals surface area (Å²) in [6.07, 6.45) is 5.42. The Morgan fingerprint density at radius 3 is 2.14 bits per heavy atom. The third-order valence-electron chi connectivity index (χ3n) is 5.90. The summed E-state index contributed by atoms with van der Waals surface area (Å²) < 4.78 is 28.4. The van der Waals surface area contributed by atoms with Crippen LogP contribution in [0.1, 0.15) is 24.5 Å². The lowest BCUT2D eigenvalue weighted by molar-refractivity contribution is -0.137. The van der Waals surface area contributed by atoms with Crippen molar-refractivity contribution >= 4 is 44.1 Å². The van der Waals surface area contributed by atoms with E-state index in [2.05, 4.69) is 5.92 Å². The molecule has 1 atom stereocenters. The number of benzene rings is 3. The zero-order valence-corrected chi connectivity index (χ0v) is 21.1. The highest BCUT2D eigenvalue weighted by atomic mass is 32.2. The number of hydrogen-bond acceptors (Lipinski definition) is 5. The molecular weight excluding hydrogens is 480 g/mol. The monoisotopic (exact) mass is 508 g/mol. The van der Waals surface area contributed by atoms with Gasteiger partial charge >= 0.3 is 11.9 Å². The van der Waals surface area contributed by atoms with Crippen LogP contribution in [0.4, 0.5) is 11.4 Å². The Kier molecular flexibility index (Phi) is 7.90. The van der Waals surface area contributed by atoms with E-state index in [4.69, 9.17) is 6.42 Å². The molecule has 2 N–H and O–H groups in total. The van der Waals surface area contributed by atoms with Crippen LogP contribution in [0.15, 0.2) is 59.5 Å². The number of aryl methyl sites for hydroxylation is 2. The first-order valence-corrected chi connectivity index (χ1v) is 12.7. The van der Waals surface area contributed by atoms with Crippen LogP contribution in [0.2, 0.25) is 0 Å². The Bertz CT molecular complexity index is 1460. The summed E-state index contributed by atoms with van der Waals surface area (Å²) in [5.74, 6) is 0.275. The van der Waals surface area contributed by atoms with Crippen molar-refractivity contribution < 1.29 is 28.2 Å². The second-order valence-electron chi connectivity index (χ2n) is 8.60. The zero-order valence-electron chi connectivity index (χ0n) is 20.3. The quantitative estimate of drug-likeness (QED) is 0.397. The lowest BCUT2D eigenvalue weighted by Gasteiger charge is -2.31. The predicted octanol–water partition coefficient (Wildman–Crippen LogP) is 4.04. The summed E-state index contributed by atoms with van der Waals surface area (Å²) in [5.41, 5.74) is 2.22. The van der Waals surface area contributed by atoms with Crippen molar-refractivity contribution in [2.24, 2.45) is 0 Å². The average molecular weight is 509 g/mol. The standard InChI is InChI=1S/C27H28N2O6S/c1-5-14-28(20(4)16-26(30)31)23-11-12-24(22-9-7-6-8-21(22)23)29(17-27(32)33)36(34,35)25-13-10-18(2)15-19(25)3/h1,6-13,15,20H,14,16-17H2,2-4H3,(H,30,31)(H,32,33)/t20-/m0/s1. The second-order valence-corrected chi connectivity index (χ2v) is 10.4. The van der Waals surface area contributed by atoms with Crippen molar-refractivity contribution in [2.75, 3.05) is 22.3 Å². The van der Waals surface area contributed by atoms with Crippen molar-refractivity contribution in [3.05, 3.63) is 65.7 Å². The highest BCUT2D eigenvalue weighted by Crippen LogP contribution is 2.37. The Morgan fingerprint density at radius 1 is 0.972 bits per heavy atom. The molecule has 0 saturated heterocycles. The van der Waals surface area contributed by atoms with E-state index in [1.807, 2.05) is 6.92 Å². The van der Waals surface area contributed by atoms with Crippen LogP contribution in [0.25, 0.3) is 10.8 Å². The summed E-state index contributed by atoms with van der Waals surface area (Å²) in [7, 11) is -4.23. The van der Waals surface area contributed by atoms with Gasteiger partial charge in [0.25, 0.3) is 10.0 Å². The van der Waals surface area contributed by atoms with Crippen LogP contribution >= 0.6 is 0 Å². The van der Waals surface area contributed by atoms with Gasteiger partial charge in [0.05, 0.1) is 23.5 Å². The molecule has 0 radical (unpaired) electrons. The van der Waals surface area contributed by atoms with Crippen molar-refractivity contribution in [3.8, 4) is 12.3 Å². The minimum atomic E-state index is -4.23. The molecule has 9 heteroatoms. The van der Waals surface area contributed by atoms with Crippen LogP contribution in [-0.4, -0.2) is 49.7 Å². The summed E-state index contributed by atoms with van der Waals surface area (Å²) >= 11 is 0. The number of terminal acetylenes is 1. The van der Waals surface area contributed by atoms with Crippen LogP contribution in [0.5, 0.6) is 0 Å². The minimum Gasteiger partial charge on any atom is -0.481 e. The van der Waals surface area contributed by atoms with Gasteiger partial charge in [0.2, 0.25) is 0 Å². The molecule has 8 nitrogen and oxygen atoms in total. The van der Waals surface area contributed by atoms with Crippen LogP contribution < -0.4 is 9.21 Å². The molecule has 36 heavy (non-hydrogen) atoms.